The predicted molar refractivity (Wildman–Crippen MR) is 104 cm³/mol. The number of ether oxygens (including phenoxy) is 1. The van der Waals surface area contributed by atoms with Gasteiger partial charge < -0.3 is 9.84 Å². The number of unbranched alkanes of at least 4 members (excludes halogenated alkanes) is 2. The Labute approximate surface area is 143 Å². The lowest BCUT2D eigenvalue weighted by Crippen LogP contribution is -2.07. The topological polar surface area (TPSA) is 29.5 Å². The lowest BCUT2D eigenvalue weighted by atomic mass is 10.1. The molecule has 2 rings (SSSR count). The summed E-state index contributed by atoms with van der Waals surface area (Å²) in [4.78, 5) is 0. The third-order valence-electron chi connectivity index (χ3n) is 2.77. The van der Waals surface area contributed by atoms with Gasteiger partial charge in [0.2, 0.25) is 0 Å². The minimum atomic E-state index is -0.324. The van der Waals surface area contributed by atoms with Gasteiger partial charge in [0, 0.05) is 7.11 Å². The van der Waals surface area contributed by atoms with E-state index in [1.807, 2.05) is 13.8 Å². The molecule has 0 radical (unpaired) electrons. The molecule has 23 heavy (non-hydrogen) atoms. The van der Waals surface area contributed by atoms with Crippen molar-refractivity contribution in [3.05, 3.63) is 48.5 Å². The molecule has 0 aliphatic carbocycles. The Hall–Kier alpha value is -1.38. The summed E-state index contributed by atoms with van der Waals surface area (Å²) in [6.07, 6.45) is 3.75. The molecule has 0 aliphatic rings. The second-order valence-corrected chi connectivity index (χ2v) is 5.01. The average molecular weight is 321 g/mol. The highest BCUT2D eigenvalue weighted by Crippen LogP contribution is 2.11. The summed E-state index contributed by atoms with van der Waals surface area (Å²) in [6.45, 7) is 10.5. The molecule has 0 saturated heterocycles. The standard InChI is InChI=1S/C10H8.C5H12.C4H10O2.C2H6/c1-2-6-10-8-4-3-7-9(10)5-1;1-3-5-4-2;1-4(5)3-6-2;1-2/h1-8H;3-5H2,1-2H3;4-5H,3H2,1-2H3;1-2H3. The first-order valence-corrected chi connectivity index (χ1v) is 8.76. The van der Waals surface area contributed by atoms with Gasteiger partial charge in [0.1, 0.15) is 0 Å². The van der Waals surface area contributed by atoms with E-state index in [9.17, 15) is 0 Å². The van der Waals surface area contributed by atoms with E-state index < -0.39 is 0 Å². The van der Waals surface area contributed by atoms with Gasteiger partial charge >= 0.3 is 0 Å². The molecule has 132 valence electrons. The Kier molecular flexibility index (Phi) is 19.4. The number of rotatable bonds is 4. The molecule has 0 heterocycles. The van der Waals surface area contributed by atoms with Gasteiger partial charge in [0.15, 0.2) is 0 Å². The van der Waals surface area contributed by atoms with Gasteiger partial charge in [-0.05, 0) is 17.7 Å². The van der Waals surface area contributed by atoms with Crippen LogP contribution in [-0.4, -0.2) is 24.9 Å². The lowest BCUT2D eigenvalue weighted by Gasteiger charge is -1.97. The summed E-state index contributed by atoms with van der Waals surface area (Å²) in [7, 11) is 1.56. The van der Waals surface area contributed by atoms with Crippen molar-refractivity contribution >= 4 is 10.8 Å². The number of hydrogen-bond donors (Lipinski definition) is 1. The highest BCUT2D eigenvalue weighted by molar-refractivity contribution is 5.81. The van der Waals surface area contributed by atoms with Crippen molar-refractivity contribution in [2.24, 2.45) is 0 Å². The van der Waals surface area contributed by atoms with Crippen molar-refractivity contribution in [3.63, 3.8) is 0 Å². The van der Waals surface area contributed by atoms with E-state index in [0.29, 0.717) is 6.61 Å². The zero-order chi connectivity index (χ0) is 17.9. The zero-order valence-electron chi connectivity index (χ0n) is 15.9. The molecule has 0 spiro atoms. The fourth-order valence-corrected chi connectivity index (χ4v) is 1.73. The number of aliphatic hydroxyl groups excluding tert-OH is 1. The summed E-state index contributed by atoms with van der Waals surface area (Å²) < 4.78 is 4.55. The third-order valence-corrected chi connectivity index (χ3v) is 2.77. The van der Waals surface area contributed by atoms with Gasteiger partial charge in [-0.25, -0.2) is 0 Å². The fraction of sp³-hybridized carbons (Fsp3) is 0.524. The molecule has 0 aliphatic heterocycles. The van der Waals surface area contributed by atoms with Crippen molar-refractivity contribution in [2.45, 2.75) is 60.0 Å². The summed E-state index contributed by atoms with van der Waals surface area (Å²) >= 11 is 0. The first-order valence-electron chi connectivity index (χ1n) is 8.76. The van der Waals surface area contributed by atoms with E-state index in [2.05, 4.69) is 67.1 Å². The molecule has 0 bridgehead atoms. The van der Waals surface area contributed by atoms with Crippen molar-refractivity contribution in [1.29, 1.82) is 0 Å². The Bertz CT molecular complexity index is 385. The first-order chi connectivity index (χ1) is 11.2. The summed E-state index contributed by atoms with van der Waals surface area (Å²) in [5.41, 5.74) is 0. The van der Waals surface area contributed by atoms with Crippen LogP contribution >= 0.6 is 0 Å². The summed E-state index contributed by atoms with van der Waals surface area (Å²) in [5, 5.41) is 11.0. The van der Waals surface area contributed by atoms with Crippen LogP contribution in [0, 0.1) is 0 Å². The number of methoxy groups -OCH3 is 1. The normalized spacial score (nSPS) is 10.2. The van der Waals surface area contributed by atoms with Gasteiger partial charge in [-0.3, -0.25) is 0 Å². The molecule has 2 heteroatoms. The van der Waals surface area contributed by atoms with Crippen LogP contribution in [0.3, 0.4) is 0 Å². The van der Waals surface area contributed by atoms with Gasteiger partial charge in [0.25, 0.3) is 0 Å². The summed E-state index contributed by atoms with van der Waals surface area (Å²) in [6, 6.07) is 16.7. The largest absolute Gasteiger partial charge is 0.391 e. The molecule has 0 saturated carbocycles. The predicted octanol–water partition coefficient (Wildman–Crippen LogP) is 6.08. The highest BCUT2D eigenvalue weighted by Gasteiger charge is 1.87. The highest BCUT2D eigenvalue weighted by atomic mass is 16.5. The molecule has 1 atom stereocenters. The maximum Gasteiger partial charge on any atom is 0.0745 e. The third kappa shape index (κ3) is 15.3. The van der Waals surface area contributed by atoms with Crippen LogP contribution in [0.2, 0.25) is 0 Å². The van der Waals surface area contributed by atoms with Crippen molar-refractivity contribution in [1.82, 2.24) is 0 Å². The minimum absolute atomic E-state index is 0.324. The minimum Gasteiger partial charge on any atom is -0.391 e. The molecular weight excluding hydrogens is 284 g/mol. The lowest BCUT2D eigenvalue weighted by molar-refractivity contribution is 0.0765. The van der Waals surface area contributed by atoms with Crippen molar-refractivity contribution < 1.29 is 9.84 Å². The monoisotopic (exact) mass is 320 g/mol. The Morgan fingerprint density at radius 1 is 0.870 bits per heavy atom. The van der Waals surface area contributed by atoms with Gasteiger partial charge in [-0.15, -0.1) is 0 Å². The second kappa shape index (κ2) is 18.7. The number of fused-ring (bicyclic) bond motifs is 1. The molecular formula is C21H36O2. The van der Waals surface area contributed by atoms with E-state index >= 15 is 0 Å². The Morgan fingerprint density at radius 3 is 1.35 bits per heavy atom. The van der Waals surface area contributed by atoms with Gasteiger partial charge in [0.05, 0.1) is 12.7 Å². The molecule has 2 aromatic rings. The second-order valence-electron chi connectivity index (χ2n) is 5.01. The van der Waals surface area contributed by atoms with Crippen LogP contribution in [0.1, 0.15) is 53.9 Å². The van der Waals surface area contributed by atoms with Crippen LogP contribution in [0.25, 0.3) is 10.8 Å². The quantitative estimate of drug-likeness (QED) is 0.740. The van der Waals surface area contributed by atoms with Crippen LogP contribution in [0.4, 0.5) is 0 Å². The molecule has 0 amide bonds. The average Bonchev–Trinajstić information content (AvgIpc) is 2.58. The van der Waals surface area contributed by atoms with Gasteiger partial charge in [-0.2, -0.15) is 0 Å². The number of hydrogen-bond acceptors (Lipinski definition) is 2. The Morgan fingerprint density at radius 2 is 1.22 bits per heavy atom. The maximum absolute atomic E-state index is 8.43. The van der Waals surface area contributed by atoms with E-state index in [4.69, 9.17) is 5.11 Å². The van der Waals surface area contributed by atoms with E-state index in [0.717, 1.165) is 0 Å². The molecule has 0 aromatic heterocycles. The van der Waals surface area contributed by atoms with Crippen LogP contribution in [-0.2, 0) is 4.74 Å². The Balaban J connectivity index is 0. The van der Waals surface area contributed by atoms with E-state index in [1.54, 1.807) is 14.0 Å². The number of benzene rings is 2. The summed E-state index contributed by atoms with van der Waals surface area (Å²) in [5.74, 6) is 0. The van der Waals surface area contributed by atoms with Crippen molar-refractivity contribution in [2.75, 3.05) is 13.7 Å². The van der Waals surface area contributed by atoms with Gasteiger partial charge in [-0.1, -0.05) is 95.5 Å². The molecule has 1 N–H and O–H groups in total. The molecule has 0 fully saturated rings. The number of aliphatic hydroxyl groups is 1. The molecule has 2 aromatic carbocycles. The zero-order valence-corrected chi connectivity index (χ0v) is 15.9. The molecule has 1 unspecified atom stereocenters. The van der Waals surface area contributed by atoms with Crippen molar-refractivity contribution in [3.8, 4) is 0 Å². The fourth-order valence-electron chi connectivity index (χ4n) is 1.73. The van der Waals surface area contributed by atoms with Crippen LogP contribution in [0.5, 0.6) is 0 Å². The van der Waals surface area contributed by atoms with E-state index in [-0.39, 0.29) is 6.10 Å². The first kappa shape index (κ1) is 23.9. The van der Waals surface area contributed by atoms with Crippen LogP contribution in [0.15, 0.2) is 48.5 Å². The van der Waals surface area contributed by atoms with Crippen LogP contribution < -0.4 is 0 Å². The SMILES string of the molecule is CC.CCCCC.COCC(C)O.c1ccc2ccccc2c1. The molecule has 2 nitrogen and oxygen atoms in total. The van der Waals surface area contributed by atoms with E-state index in [1.165, 1.54) is 30.0 Å². The smallest absolute Gasteiger partial charge is 0.0745 e. The maximum atomic E-state index is 8.43.